The van der Waals surface area contributed by atoms with E-state index in [0.29, 0.717) is 0 Å². The minimum Gasteiger partial charge on any atom is -0.462 e. The molecule has 0 spiro atoms. The summed E-state index contributed by atoms with van der Waals surface area (Å²) >= 11 is 0. The van der Waals surface area contributed by atoms with E-state index >= 15 is 0 Å². The fraction of sp³-hybridized carbons (Fsp3) is 0.500. The first-order chi connectivity index (χ1) is 16.8. The Morgan fingerprint density at radius 1 is 1.31 bits per heavy atom. The number of nitrogens with one attached hydrogen (secondary N) is 1. The van der Waals surface area contributed by atoms with Gasteiger partial charge in [-0.05, 0) is 45.9 Å². The van der Waals surface area contributed by atoms with Crippen molar-refractivity contribution >= 4 is 19.5 Å². The van der Waals surface area contributed by atoms with Gasteiger partial charge in [-0.1, -0.05) is 18.2 Å². The van der Waals surface area contributed by atoms with Crippen LogP contribution in [0.2, 0.25) is 0 Å². The molecule has 3 rings (SSSR count). The number of hydrogen-bond acceptors (Lipinski definition) is 11. The minimum atomic E-state index is -4.24. The summed E-state index contributed by atoms with van der Waals surface area (Å²) in [5.74, 6) is -0.514. The predicted molar refractivity (Wildman–Crippen MR) is 128 cm³/mol. The molecule has 0 unspecified atom stereocenters. The van der Waals surface area contributed by atoms with Crippen molar-refractivity contribution in [2.45, 2.75) is 63.9 Å². The zero-order chi connectivity index (χ0) is 26.7. The predicted octanol–water partition coefficient (Wildman–Crippen LogP) is 0.968. The number of nitrogen functional groups attached to an aromatic ring is 1. The van der Waals surface area contributed by atoms with Crippen LogP contribution in [0.15, 0.2) is 47.4 Å². The van der Waals surface area contributed by atoms with E-state index in [1.165, 1.54) is 38.2 Å². The number of benzene rings is 1. The number of para-hydroxylation sites is 1. The van der Waals surface area contributed by atoms with E-state index in [1.807, 2.05) is 0 Å². The Balaban J connectivity index is 1.79. The van der Waals surface area contributed by atoms with Crippen LogP contribution < -0.4 is 21.0 Å². The highest BCUT2D eigenvalue weighted by molar-refractivity contribution is 7.52. The molecule has 6 atom stereocenters. The molecule has 2 heterocycles. The van der Waals surface area contributed by atoms with Gasteiger partial charge in [-0.15, -0.1) is 0 Å². The van der Waals surface area contributed by atoms with Gasteiger partial charge in [0, 0.05) is 6.20 Å². The Hall–Kier alpha value is -2.80. The smallest absolute Gasteiger partial charge is 0.459 e. The highest BCUT2D eigenvalue weighted by Gasteiger charge is 2.54. The molecule has 198 valence electrons. The van der Waals surface area contributed by atoms with Crippen LogP contribution in [-0.2, 0) is 23.4 Å². The van der Waals surface area contributed by atoms with Crippen molar-refractivity contribution in [1.29, 1.82) is 0 Å². The molecule has 1 aliphatic rings. The van der Waals surface area contributed by atoms with Crippen LogP contribution in [0.25, 0.3) is 0 Å². The van der Waals surface area contributed by atoms with E-state index in [1.54, 1.807) is 32.0 Å². The molecule has 1 fully saturated rings. The second kappa shape index (κ2) is 11.1. The molecule has 0 aliphatic carbocycles. The van der Waals surface area contributed by atoms with Crippen molar-refractivity contribution in [2.24, 2.45) is 0 Å². The second-order valence-electron chi connectivity index (χ2n) is 8.77. The zero-order valence-electron chi connectivity index (χ0n) is 20.3. The highest BCUT2D eigenvalue weighted by atomic mass is 31.2. The third-order valence-electron chi connectivity index (χ3n) is 5.29. The Labute approximate surface area is 207 Å². The van der Waals surface area contributed by atoms with Crippen molar-refractivity contribution in [3.63, 3.8) is 0 Å². The third-order valence-corrected chi connectivity index (χ3v) is 6.94. The van der Waals surface area contributed by atoms with Gasteiger partial charge >= 0.3 is 19.4 Å². The van der Waals surface area contributed by atoms with Gasteiger partial charge < -0.3 is 29.9 Å². The number of esters is 1. The van der Waals surface area contributed by atoms with E-state index < -0.39 is 62.2 Å². The van der Waals surface area contributed by atoms with Crippen LogP contribution in [0, 0.1) is 0 Å². The van der Waals surface area contributed by atoms with E-state index in [-0.39, 0.29) is 11.6 Å². The second-order valence-corrected chi connectivity index (χ2v) is 10.5. The maximum atomic E-state index is 13.6. The summed E-state index contributed by atoms with van der Waals surface area (Å²) in [6.07, 6.45) is -3.26. The molecule has 36 heavy (non-hydrogen) atoms. The largest absolute Gasteiger partial charge is 0.462 e. The number of hydrogen-bond donors (Lipinski definition) is 4. The van der Waals surface area contributed by atoms with Crippen LogP contribution in [0.3, 0.4) is 0 Å². The summed E-state index contributed by atoms with van der Waals surface area (Å²) in [5.41, 5.74) is 2.77. The summed E-state index contributed by atoms with van der Waals surface area (Å²) in [6, 6.07) is 8.37. The summed E-state index contributed by atoms with van der Waals surface area (Å²) in [6.45, 7) is 5.51. The molecule has 14 heteroatoms. The zero-order valence-corrected chi connectivity index (χ0v) is 21.2. The topological polar surface area (TPSA) is 184 Å². The van der Waals surface area contributed by atoms with Crippen molar-refractivity contribution in [2.75, 3.05) is 12.3 Å². The molecular weight excluding hydrogens is 495 g/mol. The third kappa shape index (κ3) is 6.49. The molecule has 0 radical (unpaired) electrons. The Bertz CT molecular complexity index is 1160. The lowest BCUT2D eigenvalue weighted by Gasteiger charge is -2.27. The number of aromatic nitrogens is 2. The number of anilines is 1. The van der Waals surface area contributed by atoms with Crippen LogP contribution in [0.5, 0.6) is 5.75 Å². The molecule has 5 N–H and O–H groups in total. The van der Waals surface area contributed by atoms with E-state index in [9.17, 15) is 24.4 Å². The van der Waals surface area contributed by atoms with Gasteiger partial charge in [-0.2, -0.15) is 10.1 Å². The summed E-state index contributed by atoms with van der Waals surface area (Å²) in [5, 5.41) is 24.1. The molecule has 1 aliphatic heterocycles. The molecule has 13 nitrogen and oxygen atoms in total. The number of nitrogens with zero attached hydrogens (tertiary/aromatic N) is 2. The number of ether oxygens (including phenoxy) is 2. The number of aliphatic hydroxyl groups is 2. The first-order valence-corrected chi connectivity index (χ1v) is 12.7. The minimum absolute atomic E-state index is 0.0236. The first kappa shape index (κ1) is 27.8. The van der Waals surface area contributed by atoms with Crippen molar-refractivity contribution < 1.29 is 38.1 Å². The first-order valence-electron chi connectivity index (χ1n) is 11.2. The van der Waals surface area contributed by atoms with Crippen LogP contribution in [-0.4, -0.2) is 62.3 Å². The molecule has 0 amide bonds. The van der Waals surface area contributed by atoms with Crippen molar-refractivity contribution in [3.05, 3.63) is 53.1 Å². The molecule has 1 aromatic heterocycles. The number of rotatable bonds is 10. The normalized spacial score (nSPS) is 26.4. The summed E-state index contributed by atoms with van der Waals surface area (Å²) in [4.78, 5) is 28.1. The van der Waals surface area contributed by atoms with E-state index in [2.05, 4.69) is 10.1 Å². The molecule has 1 aromatic carbocycles. The maximum Gasteiger partial charge on any atom is 0.459 e. The lowest BCUT2D eigenvalue weighted by Crippen LogP contribution is -2.46. The van der Waals surface area contributed by atoms with Gasteiger partial charge in [-0.25, -0.2) is 9.36 Å². The van der Waals surface area contributed by atoms with Gasteiger partial charge in [0.05, 0.1) is 12.7 Å². The SMILES string of the molecule is CC(C)OC(=O)[C@H](C)N[P@](=O)(OC[C@H]1O[C@@H](n2ccc(N)nc2=O)[C@](C)(O)[C@@H]1O)Oc1ccccc1. The summed E-state index contributed by atoms with van der Waals surface area (Å²) in [7, 11) is -4.24. The van der Waals surface area contributed by atoms with Gasteiger partial charge in [-0.3, -0.25) is 13.9 Å². The average Bonchev–Trinajstić information content (AvgIpc) is 3.01. The van der Waals surface area contributed by atoms with Gasteiger partial charge in [0.2, 0.25) is 0 Å². The number of nitrogens with two attached hydrogens (primary N) is 1. The number of carbonyl (C=O) groups excluding carboxylic acids is 1. The summed E-state index contributed by atoms with van der Waals surface area (Å²) < 4.78 is 36.5. The monoisotopic (exact) mass is 526 g/mol. The van der Waals surface area contributed by atoms with Crippen LogP contribution >= 0.6 is 7.75 Å². The number of carbonyl (C=O) groups is 1. The molecule has 2 aromatic rings. The van der Waals surface area contributed by atoms with Crippen LogP contribution in [0.4, 0.5) is 5.82 Å². The van der Waals surface area contributed by atoms with Gasteiger partial charge in [0.25, 0.3) is 0 Å². The fourth-order valence-electron chi connectivity index (χ4n) is 3.49. The standard InChI is InChI=1S/C22H31N4O9P/c1-13(2)33-19(28)14(3)25-36(31,35-15-8-6-5-7-9-15)32-12-16-18(27)22(4,30)20(34-16)26-11-10-17(23)24-21(26)29/h5-11,13-14,16,18,20,27,30H,12H2,1-4H3,(H,25,31)(H2,23,24,29)/t14-,16+,18+,20+,22+,36-/m0/s1. The highest BCUT2D eigenvalue weighted by Crippen LogP contribution is 2.46. The quantitative estimate of drug-likeness (QED) is 0.254. The Morgan fingerprint density at radius 3 is 2.58 bits per heavy atom. The molecule has 0 bridgehead atoms. The average molecular weight is 526 g/mol. The van der Waals surface area contributed by atoms with Gasteiger partial charge in [0.15, 0.2) is 6.23 Å². The van der Waals surface area contributed by atoms with Crippen LogP contribution in [0.1, 0.15) is 33.9 Å². The molecular formula is C22H31N4O9P. The molecule has 1 saturated heterocycles. The van der Waals surface area contributed by atoms with E-state index in [4.69, 9.17) is 24.3 Å². The van der Waals surface area contributed by atoms with Gasteiger partial charge in [0.1, 0.15) is 35.4 Å². The van der Waals surface area contributed by atoms with Crippen molar-refractivity contribution in [3.8, 4) is 5.75 Å². The Morgan fingerprint density at radius 2 is 1.97 bits per heavy atom. The fourth-order valence-corrected chi connectivity index (χ4v) is 4.99. The lowest BCUT2D eigenvalue weighted by molar-refractivity contribution is -0.149. The van der Waals surface area contributed by atoms with E-state index in [0.717, 1.165) is 4.57 Å². The number of aliphatic hydroxyl groups excluding tert-OH is 1. The molecule has 0 saturated carbocycles. The Kier molecular flexibility index (Phi) is 8.55. The van der Waals surface area contributed by atoms with Crippen molar-refractivity contribution in [1.82, 2.24) is 14.6 Å². The lowest BCUT2D eigenvalue weighted by atomic mass is 9.96. The maximum absolute atomic E-state index is 13.6.